The van der Waals surface area contributed by atoms with E-state index >= 15 is 0 Å². The van der Waals surface area contributed by atoms with E-state index in [0.717, 1.165) is 19.3 Å². The Morgan fingerprint density at radius 2 is 1.92 bits per heavy atom. The third kappa shape index (κ3) is 1.06. The van der Waals surface area contributed by atoms with E-state index in [1.807, 2.05) is 0 Å². The van der Waals surface area contributed by atoms with Gasteiger partial charge in [0.25, 0.3) is 0 Å². The summed E-state index contributed by atoms with van der Waals surface area (Å²) in [4.78, 5) is 11.5. The van der Waals surface area contributed by atoms with E-state index < -0.39 is 0 Å². The lowest BCUT2D eigenvalue weighted by Crippen LogP contribution is -2.28. The van der Waals surface area contributed by atoms with Gasteiger partial charge in [0, 0.05) is 6.42 Å². The minimum atomic E-state index is -0.157. The Labute approximate surface area is 72.6 Å². The molecule has 0 aromatic heterocycles. The van der Waals surface area contributed by atoms with E-state index in [-0.39, 0.29) is 11.4 Å². The average Bonchev–Trinajstić information content (AvgIpc) is 2.29. The molecule has 0 unspecified atom stereocenters. The summed E-state index contributed by atoms with van der Waals surface area (Å²) in [6.45, 7) is 3.71. The zero-order valence-electron chi connectivity index (χ0n) is 7.27. The van der Waals surface area contributed by atoms with Crippen molar-refractivity contribution in [3.05, 3.63) is 12.3 Å². The zero-order chi connectivity index (χ0) is 8.60. The van der Waals surface area contributed by atoms with Crippen molar-refractivity contribution in [1.29, 1.82) is 0 Å². The highest BCUT2D eigenvalue weighted by molar-refractivity contribution is 5.80. The minimum absolute atomic E-state index is 0.0211. The fourth-order valence-corrected chi connectivity index (χ4v) is 2.33. The molecule has 0 radical (unpaired) electrons. The molecule has 0 atom stereocenters. The molecule has 2 heteroatoms. The van der Waals surface area contributed by atoms with E-state index in [2.05, 4.69) is 6.58 Å². The number of carbonyl (C=O) groups is 1. The molecule has 1 aliphatic heterocycles. The number of rotatable bonds is 0. The van der Waals surface area contributed by atoms with Crippen LogP contribution in [-0.2, 0) is 9.53 Å². The van der Waals surface area contributed by atoms with Crippen molar-refractivity contribution in [3.8, 4) is 0 Å². The maximum absolute atomic E-state index is 11.5. The number of carbonyl (C=O) groups excluding carboxylic acids is 1. The Morgan fingerprint density at radius 3 is 2.42 bits per heavy atom. The molecule has 1 saturated carbocycles. The molecule has 66 valence electrons. The van der Waals surface area contributed by atoms with Crippen molar-refractivity contribution in [2.45, 2.75) is 38.5 Å². The summed E-state index contributed by atoms with van der Waals surface area (Å²) in [5, 5.41) is 0. The van der Waals surface area contributed by atoms with Crippen LogP contribution in [0, 0.1) is 5.41 Å². The maximum Gasteiger partial charge on any atom is 0.317 e. The largest absolute Gasteiger partial charge is 0.431 e. The number of ether oxygens (including phenoxy) is 1. The van der Waals surface area contributed by atoms with Crippen molar-refractivity contribution >= 4 is 5.97 Å². The second-order valence-electron chi connectivity index (χ2n) is 3.95. The summed E-state index contributed by atoms with van der Waals surface area (Å²) in [6.07, 6.45) is 6.38. The van der Waals surface area contributed by atoms with Crippen LogP contribution in [-0.4, -0.2) is 5.97 Å². The Morgan fingerprint density at radius 1 is 1.25 bits per heavy atom. The van der Waals surface area contributed by atoms with Gasteiger partial charge >= 0.3 is 5.97 Å². The molecule has 12 heavy (non-hydrogen) atoms. The summed E-state index contributed by atoms with van der Waals surface area (Å²) in [7, 11) is 0. The van der Waals surface area contributed by atoms with Crippen LogP contribution in [0.5, 0.6) is 0 Å². The predicted octanol–water partition coefficient (Wildman–Crippen LogP) is 2.40. The molecule has 2 nitrogen and oxygen atoms in total. The fourth-order valence-electron chi connectivity index (χ4n) is 2.33. The van der Waals surface area contributed by atoms with Gasteiger partial charge in [0.15, 0.2) is 0 Å². The molecule has 2 aliphatic rings. The van der Waals surface area contributed by atoms with Crippen LogP contribution in [0.15, 0.2) is 12.3 Å². The van der Waals surface area contributed by atoms with Gasteiger partial charge in [-0.2, -0.15) is 0 Å². The molecule has 1 spiro atoms. The maximum atomic E-state index is 11.5. The van der Waals surface area contributed by atoms with Crippen molar-refractivity contribution < 1.29 is 9.53 Å². The molecule has 0 N–H and O–H groups in total. The van der Waals surface area contributed by atoms with E-state index in [9.17, 15) is 4.79 Å². The number of cyclic esters (lactones) is 1. The number of hydrogen-bond donors (Lipinski definition) is 0. The first-order valence-electron chi connectivity index (χ1n) is 4.63. The molecule has 1 heterocycles. The monoisotopic (exact) mass is 166 g/mol. The fraction of sp³-hybridized carbons (Fsp3) is 0.700. The zero-order valence-corrected chi connectivity index (χ0v) is 7.27. The standard InChI is InChI=1S/C10H14O2/c1-8-7-10(9(11)12-8)5-3-2-4-6-10/h1-7H2. The Bertz CT molecular complexity index is 224. The Kier molecular flexibility index (Phi) is 1.71. The number of hydrogen-bond acceptors (Lipinski definition) is 2. The van der Waals surface area contributed by atoms with Crippen LogP contribution in [0.2, 0.25) is 0 Å². The molecule has 2 rings (SSSR count). The highest BCUT2D eigenvalue weighted by Gasteiger charge is 2.46. The molecule has 0 aromatic carbocycles. The van der Waals surface area contributed by atoms with Gasteiger partial charge in [-0.05, 0) is 12.8 Å². The van der Waals surface area contributed by atoms with Crippen LogP contribution >= 0.6 is 0 Å². The van der Waals surface area contributed by atoms with Gasteiger partial charge in [-0.3, -0.25) is 4.79 Å². The lowest BCUT2D eigenvalue weighted by atomic mass is 9.73. The molecular weight excluding hydrogens is 152 g/mol. The van der Waals surface area contributed by atoms with E-state index in [0.29, 0.717) is 5.76 Å². The van der Waals surface area contributed by atoms with E-state index in [1.54, 1.807) is 0 Å². The lowest BCUT2D eigenvalue weighted by Gasteiger charge is -2.28. The molecule has 0 aromatic rings. The van der Waals surface area contributed by atoms with Gasteiger partial charge in [-0.1, -0.05) is 25.8 Å². The number of esters is 1. The quantitative estimate of drug-likeness (QED) is 0.516. The molecule has 0 bridgehead atoms. The first kappa shape index (κ1) is 7.84. The van der Waals surface area contributed by atoms with Crippen molar-refractivity contribution in [2.75, 3.05) is 0 Å². The lowest BCUT2D eigenvalue weighted by molar-refractivity contribution is -0.145. The highest BCUT2D eigenvalue weighted by Crippen LogP contribution is 2.46. The van der Waals surface area contributed by atoms with Crippen LogP contribution in [0.25, 0.3) is 0 Å². The molecule has 1 aliphatic carbocycles. The molecule has 1 saturated heterocycles. The minimum Gasteiger partial charge on any atom is -0.431 e. The van der Waals surface area contributed by atoms with E-state index in [4.69, 9.17) is 4.74 Å². The van der Waals surface area contributed by atoms with Crippen molar-refractivity contribution in [1.82, 2.24) is 0 Å². The van der Waals surface area contributed by atoms with Crippen LogP contribution in [0.3, 0.4) is 0 Å². The second-order valence-corrected chi connectivity index (χ2v) is 3.95. The highest BCUT2D eigenvalue weighted by atomic mass is 16.5. The van der Waals surface area contributed by atoms with Crippen molar-refractivity contribution in [3.63, 3.8) is 0 Å². The third-order valence-electron chi connectivity index (χ3n) is 3.02. The second kappa shape index (κ2) is 2.61. The predicted molar refractivity (Wildman–Crippen MR) is 45.4 cm³/mol. The third-order valence-corrected chi connectivity index (χ3v) is 3.02. The molecular formula is C10H14O2. The van der Waals surface area contributed by atoms with Gasteiger partial charge in [-0.25, -0.2) is 0 Å². The number of allylic oxidation sites excluding steroid dienone is 1. The van der Waals surface area contributed by atoms with Crippen LogP contribution in [0.4, 0.5) is 0 Å². The van der Waals surface area contributed by atoms with Crippen LogP contribution < -0.4 is 0 Å². The Hall–Kier alpha value is -0.790. The average molecular weight is 166 g/mol. The van der Waals surface area contributed by atoms with Crippen LogP contribution in [0.1, 0.15) is 38.5 Å². The summed E-state index contributed by atoms with van der Waals surface area (Å²) in [5.41, 5.74) is -0.157. The van der Waals surface area contributed by atoms with E-state index in [1.165, 1.54) is 19.3 Å². The topological polar surface area (TPSA) is 26.3 Å². The first-order chi connectivity index (χ1) is 5.73. The first-order valence-corrected chi connectivity index (χ1v) is 4.63. The Balaban J connectivity index is 2.18. The smallest absolute Gasteiger partial charge is 0.317 e. The summed E-state index contributed by atoms with van der Waals surface area (Å²) in [5.74, 6) is 0.647. The van der Waals surface area contributed by atoms with Gasteiger partial charge < -0.3 is 4.74 Å². The normalized spacial score (nSPS) is 27.7. The summed E-state index contributed by atoms with van der Waals surface area (Å²) in [6, 6.07) is 0. The van der Waals surface area contributed by atoms with Gasteiger partial charge in [-0.15, -0.1) is 0 Å². The van der Waals surface area contributed by atoms with Gasteiger partial charge in [0.2, 0.25) is 0 Å². The molecule has 2 fully saturated rings. The summed E-state index contributed by atoms with van der Waals surface area (Å²) >= 11 is 0. The van der Waals surface area contributed by atoms with Crippen molar-refractivity contribution in [2.24, 2.45) is 5.41 Å². The summed E-state index contributed by atoms with van der Waals surface area (Å²) < 4.78 is 5.02. The SMILES string of the molecule is C=C1CC2(CCCCC2)C(=O)O1. The van der Waals surface area contributed by atoms with Gasteiger partial charge in [0.1, 0.15) is 5.76 Å². The molecule has 0 amide bonds. The van der Waals surface area contributed by atoms with Gasteiger partial charge in [0.05, 0.1) is 5.41 Å².